The molecule has 1 aromatic rings. The number of rotatable bonds is 8. The van der Waals surface area contributed by atoms with Crippen LogP contribution in [0.25, 0.3) is 0 Å². The summed E-state index contributed by atoms with van der Waals surface area (Å²) >= 11 is 0. The van der Waals surface area contributed by atoms with E-state index < -0.39 is 0 Å². The van der Waals surface area contributed by atoms with Gasteiger partial charge in [-0.3, -0.25) is 14.5 Å². The fraction of sp³-hybridized carbons (Fsp3) is 0.619. The quantitative estimate of drug-likeness (QED) is 0.771. The molecule has 2 rings (SSSR count). The number of anilines is 1. The van der Waals surface area contributed by atoms with E-state index in [9.17, 15) is 9.59 Å². The predicted octanol–water partition coefficient (Wildman–Crippen LogP) is 3.62. The minimum Gasteiger partial charge on any atom is -0.339 e. The van der Waals surface area contributed by atoms with Crippen LogP contribution in [0.2, 0.25) is 0 Å². The maximum absolute atomic E-state index is 12.6. The molecule has 1 N–H and O–H groups in total. The van der Waals surface area contributed by atoms with Crippen LogP contribution in [0.3, 0.4) is 0 Å². The Morgan fingerprint density at radius 3 is 2.19 bits per heavy atom. The molecule has 144 valence electrons. The zero-order valence-electron chi connectivity index (χ0n) is 16.5. The van der Waals surface area contributed by atoms with Gasteiger partial charge < -0.3 is 10.2 Å². The molecule has 1 heterocycles. The average Bonchev–Trinajstić information content (AvgIpc) is 2.63. The highest BCUT2D eigenvalue weighted by Gasteiger charge is 2.21. The molecular weight excluding hydrogens is 326 g/mol. The van der Waals surface area contributed by atoms with Gasteiger partial charge in [-0.25, -0.2) is 0 Å². The normalized spacial score (nSPS) is 15.3. The van der Waals surface area contributed by atoms with Crippen molar-refractivity contribution < 1.29 is 9.59 Å². The zero-order valence-corrected chi connectivity index (χ0v) is 16.5. The number of amides is 2. The maximum atomic E-state index is 12.6. The molecule has 26 heavy (non-hydrogen) atoms. The van der Waals surface area contributed by atoms with Crippen LogP contribution in [0.1, 0.15) is 56.8 Å². The van der Waals surface area contributed by atoms with Crippen molar-refractivity contribution in [3.63, 3.8) is 0 Å². The summed E-state index contributed by atoms with van der Waals surface area (Å²) in [5.41, 5.74) is 1.43. The SMILES string of the molecule is CCCN(CCC)CC(=O)Nc1ccc(C(=O)N2CCC(C)CC2)cc1. The van der Waals surface area contributed by atoms with Crippen LogP contribution in [0.5, 0.6) is 0 Å². The lowest BCUT2D eigenvalue weighted by atomic mass is 9.98. The van der Waals surface area contributed by atoms with Gasteiger partial charge >= 0.3 is 0 Å². The molecule has 0 atom stereocenters. The van der Waals surface area contributed by atoms with Gasteiger partial charge in [-0.1, -0.05) is 20.8 Å². The molecule has 0 aliphatic carbocycles. The summed E-state index contributed by atoms with van der Waals surface area (Å²) in [5, 5.41) is 2.94. The van der Waals surface area contributed by atoms with Gasteiger partial charge in [0.1, 0.15) is 0 Å². The number of nitrogens with one attached hydrogen (secondary N) is 1. The van der Waals surface area contributed by atoms with Crippen molar-refractivity contribution in [3.05, 3.63) is 29.8 Å². The third-order valence-corrected chi connectivity index (χ3v) is 4.93. The van der Waals surface area contributed by atoms with E-state index in [0.717, 1.165) is 57.5 Å². The molecule has 1 aromatic carbocycles. The molecule has 0 bridgehead atoms. The van der Waals surface area contributed by atoms with E-state index in [-0.39, 0.29) is 11.8 Å². The number of hydrogen-bond donors (Lipinski definition) is 1. The lowest BCUT2D eigenvalue weighted by Crippen LogP contribution is -2.37. The van der Waals surface area contributed by atoms with Crippen molar-refractivity contribution in [2.45, 2.75) is 46.5 Å². The molecule has 1 saturated heterocycles. The molecule has 0 radical (unpaired) electrons. The van der Waals surface area contributed by atoms with Gasteiger partial charge in [-0.15, -0.1) is 0 Å². The lowest BCUT2D eigenvalue weighted by molar-refractivity contribution is -0.117. The minimum atomic E-state index is -0.00371. The molecular formula is C21H33N3O2. The number of likely N-dealkylation sites (tertiary alicyclic amines) is 1. The first-order valence-corrected chi connectivity index (χ1v) is 9.95. The Morgan fingerprint density at radius 1 is 1.08 bits per heavy atom. The van der Waals surface area contributed by atoms with Crippen molar-refractivity contribution in [2.24, 2.45) is 5.92 Å². The first kappa shape index (κ1) is 20.4. The van der Waals surface area contributed by atoms with Crippen molar-refractivity contribution in [2.75, 3.05) is 38.0 Å². The van der Waals surface area contributed by atoms with Crippen molar-refractivity contribution in [1.82, 2.24) is 9.80 Å². The van der Waals surface area contributed by atoms with Gasteiger partial charge in [0, 0.05) is 24.3 Å². The fourth-order valence-corrected chi connectivity index (χ4v) is 3.40. The van der Waals surface area contributed by atoms with E-state index >= 15 is 0 Å². The highest BCUT2D eigenvalue weighted by Crippen LogP contribution is 2.19. The van der Waals surface area contributed by atoms with E-state index in [2.05, 4.69) is 31.0 Å². The summed E-state index contributed by atoms with van der Waals surface area (Å²) in [4.78, 5) is 28.9. The molecule has 5 nitrogen and oxygen atoms in total. The number of piperidine rings is 1. The summed E-state index contributed by atoms with van der Waals surface area (Å²) in [6.45, 7) is 10.4. The first-order chi connectivity index (χ1) is 12.5. The van der Waals surface area contributed by atoms with E-state index in [4.69, 9.17) is 0 Å². The molecule has 0 saturated carbocycles. The Kier molecular flexibility index (Phi) is 8.10. The van der Waals surface area contributed by atoms with E-state index in [0.29, 0.717) is 18.0 Å². The van der Waals surface area contributed by atoms with Crippen LogP contribution in [-0.4, -0.2) is 54.3 Å². The largest absolute Gasteiger partial charge is 0.339 e. The number of carbonyl (C=O) groups is 2. The van der Waals surface area contributed by atoms with E-state index in [1.807, 2.05) is 29.2 Å². The van der Waals surface area contributed by atoms with Crippen LogP contribution >= 0.6 is 0 Å². The second-order valence-corrected chi connectivity index (χ2v) is 7.38. The van der Waals surface area contributed by atoms with Gasteiger partial charge in [-0.2, -0.15) is 0 Å². The van der Waals surface area contributed by atoms with Crippen LogP contribution in [0, 0.1) is 5.92 Å². The highest BCUT2D eigenvalue weighted by molar-refractivity contribution is 5.96. The Balaban J connectivity index is 1.88. The second kappa shape index (κ2) is 10.3. The van der Waals surface area contributed by atoms with Crippen molar-refractivity contribution in [1.29, 1.82) is 0 Å². The number of benzene rings is 1. The minimum absolute atomic E-state index is 0.00371. The molecule has 2 amide bonds. The van der Waals surface area contributed by atoms with Crippen molar-refractivity contribution in [3.8, 4) is 0 Å². The standard InChI is InChI=1S/C21H33N3O2/c1-4-12-23(13-5-2)16-20(25)22-19-8-6-18(7-9-19)21(26)24-14-10-17(3)11-15-24/h6-9,17H,4-5,10-16H2,1-3H3,(H,22,25). The van der Waals surface area contributed by atoms with Gasteiger partial charge in [0.05, 0.1) is 6.54 Å². The summed E-state index contributed by atoms with van der Waals surface area (Å²) in [6, 6.07) is 7.26. The second-order valence-electron chi connectivity index (χ2n) is 7.38. The van der Waals surface area contributed by atoms with Gasteiger partial charge in [0.2, 0.25) is 5.91 Å². The first-order valence-electron chi connectivity index (χ1n) is 9.95. The highest BCUT2D eigenvalue weighted by atomic mass is 16.2. The van der Waals surface area contributed by atoms with E-state index in [1.54, 1.807) is 0 Å². The summed E-state index contributed by atoms with van der Waals surface area (Å²) in [7, 11) is 0. The molecule has 0 aromatic heterocycles. The van der Waals surface area contributed by atoms with Gasteiger partial charge in [0.25, 0.3) is 5.91 Å². The smallest absolute Gasteiger partial charge is 0.253 e. The number of carbonyl (C=O) groups excluding carboxylic acids is 2. The number of nitrogens with zero attached hydrogens (tertiary/aromatic N) is 2. The molecule has 0 spiro atoms. The predicted molar refractivity (Wildman–Crippen MR) is 106 cm³/mol. The zero-order chi connectivity index (χ0) is 18.9. The number of hydrogen-bond acceptors (Lipinski definition) is 3. The molecule has 1 aliphatic rings. The summed E-state index contributed by atoms with van der Waals surface area (Å²) in [6.07, 6.45) is 4.23. The van der Waals surface area contributed by atoms with Gasteiger partial charge in [-0.05, 0) is 69.0 Å². The topological polar surface area (TPSA) is 52.7 Å². The Bertz CT molecular complexity index is 571. The van der Waals surface area contributed by atoms with Crippen molar-refractivity contribution >= 4 is 17.5 Å². The molecule has 1 fully saturated rings. The van der Waals surface area contributed by atoms with Crippen LogP contribution < -0.4 is 5.32 Å². The molecule has 5 heteroatoms. The lowest BCUT2D eigenvalue weighted by Gasteiger charge is -2.30. The summed E-state index contributed by atoms with van der Waals surface area (Å²) in [5.74, 6) is 0.791. The fourth-order valence-electron chi connectivity index (χ4n) is 3.40. The monoisotopic (exact) mass is 359 g/mol. The van der Waals surface area contributed by atoms with Crippen LogP contribution in [0.15, 0.2) is 24.3 Å². The Labute approximate surface area is 157 Å². The Hall–Kier alpha value is -1.88. The third kappa shape index (κ3) is 6.13. The average molecular weight is 360 g/mol. The maximum Gasteiger partial charge on any atom is 0.253 e. The molecule has 1 aliphatic heterocycles. The van der Waals surface area contributed by atoms with E-state index in [1.165, 1.54) is 0 Å². The van der Waals surface area contributed by atoms with Crippen LogP contribution in [0.4, 0.5) is 5.69 Å². The van der Waals surface area contributed by atoms with Gasteiger partial charge in [0.15, 0.2) is 0 Å². The molecule has 0 unspecified atom stereocenters. The third-order valence-electron chi connectivity index (χ3n) is 4.93. The Morgan fingerprint density at radius 2 is 1.65 bits per heavy atom. The summed E-state index contributed by atoms with van der Waals surface area (Å²) < 4.78 is 0. The van der Waals surface area contributed by atoms with Crippen LogP contribution in [-0.2, 0) is 4.79 Å².